The van der Waals surface area contributed by atoms with Crippen LogP contribution in [-0.2, 0) is 0 Å². The average Bonchev–Trinajstić information content (AvgIpc) is 2.61. The van der Waals surface area contributed by atoms with Gasteiger partial charge in [-0.25, -0.2) is 0 Å². The Bertz CT molecular complexity index is 144. The Morgan fingerprint density at radius 2 is 1.82 bits per heavy atom. The molecular formula is C9H18N2. The molecule has 0 spiro atoms. The number of rotatable bonds is 2. The summed E-state index contributed by atoms with van der Waals surface area (Å²) in [6.07, 6.45) is 5.44. The molecule has 1 unspecified atom stereocenters. The third-order valence-corrected chi connectivity index (χ3v) is 3.35. The molecule has 0 bridgehead atoms. The van der Waals surface area contributed by atoms with Crippen LogP contribution in [0.5, 0.6) is 0 Å². The van der Waals surface area contributed by atoms with Crippen molar-refractivity contribution < 1.29 is 0 Å². The van der Waals surface area contributed by atoms with Gasteiger partial charge >= 0.3 is 0 Å². The molecule has 1 aliphatic carbocycles. The van der Waals surface area contributed by atoms with Crippen LogP contribution in [0, 0.1) is 0 Å². The summed E-state index contributed by atoms with van der Waals surface area (Å²) in [6.45, 7) is 4.74. The molecule has 1 heterocycles. The zero-order valence-electron chi connectivity index (χ0n) is 7.34. The van der Waals surface area contributed by atoms with E-state index in [0.29, 0.717) is 11.6 Å². The van der Waals surface area contributed by atoms with Gasteiger partial charge in [0.15, 0.2) is 0 Å². The third-order valence-electron chi connectivity index (χ3n) is 3.35. The summed E-state index contributed by atoms with van der Waals surface area (Å²) in [5.41, 5.74) is 6.41. The number of hydrogen-bond acceptors (Lipinski definition) is 2. The van der Waals surface area contributed by atoms with E-state index in [1.54, 1.807) is 0 Å². The lowest BCUT2D eigenvalue weighted by Crippen LogP contribution is -2.47. The third kappa shape index (κ3) is 1.09. The predicted octanol–water partition coefficient (Wildman–Crippen LogP) is 0.962. The minimum Gasteiger partial charge on any atom is -0.326 e. The number of nitrogens with zero attached hydrogens (tertiary/aromatic N) is 1. The van der Waals surface area contributed by atoms with E-state index in [2.05, 4.69) is 11.8 Å². The van der Waals surface area contributed by atoms with E-state index < -0.39 is 0 Å². The first kappa shape index (κ1) is 7.56. The smallest absolute Gasteiger partial charge is 0.0359 e. The predicted molar refractivity (Wildman–Crippen MR) is 46.4 cm³/mol. The standard InChI is InChI=1S/C9H18N2/c1-8(10)9(4-5-9)11-6-2-3-7-11/h8H,2-7,10H2,1H3. The molecule has 11 heavy (non-hydrogen) atoms. The summed E-state index contributed by atoms with van der Waals surface area (Å²) in [6, 6.07) is 0.376. The Labute approximate surface area is 68.7 Å². The Hall–Kier alpha value is -0.0800. The van der Waals surface area contributed by atoms with Crippen molar-refractivity contribution in [2.75, 3.05) is 13.1 Å². The minimum atomic E-state index is 0.376. The van der Waals surface area contributed by atoms with E-state index >= 15 is 0 Å². The van der Waals surface area contributed by atoms with Gasteiger partial charge in [-0.15, -0.1) is 0 Å². The van der Waals surface area contributed by atoms with Gasteiger partial charge in [-0.3, -0.25) is 4.90 Å². The van der Waals surface area contributed by atoms with Crippen LogP contribution in [0.1, 0.15) is 32.6 Å². The quantitative estimate of drug-likeness (QED) is 0.642. The van der Waals surface area contributed by atoms with Gasteiger partial charge in [0, 0.05) is 11.6 Å². The van der Waals surface area contributed by atoms with E-state index in [4.69, 9.17) is 5.73 Å². The maximum atomic E-state index is 5.97. The normalized spacial score (nSPS) is 32.2. The van der Waals surface area contributed by atoms with Crippen LogP contribution in [0.2, 0.25) is 0 Å². The van der Waals surface area contributed by atoms with Crippen molar-refractivity contribution in [1.82, 2.24) is 4.90 Å². The summed E-state index contributed by atoms with van der Waals surface area (Å²) in [5, 5.41) is 0. The van der Waals surface area contributed by atoms with Gasteiger partial charge in [-0.05, 0) is 45.7 Å². The number of likely N-dealkylation sites (tertiary alicyclic amines) is 1. The molecule has 0 aromatic carbocycles. The molecular weight excluding hydrogens is 136 g/mol. The van der Waals surface area contributed by atoms with Gasteiger partial charge < -0.3 is 5.73 Å². The fraction of sp³-hybridized carbons (Fsp3) is 1.00. The van der Waals surface area contributed by atoms with E-state index in [-0.39, 0.29) is 0 Å². The van der Waals surface area contributed by atoms with Crippen molar-refractivity contribution in [1.29, 1.82) is 0 Å². The van der Waals surface area contributed by atoms with Crippen molar-refractivity contribution in [2.24, 2.45) is 5.73 Å². The molecule has 0 aromatic rings. The van der Waals surface area contributed by atoms with Gasteiger partial charge in [0.1, 0.15) is 0 Å². The topological polar surface area (TPSA) is 29.3 Å². The highest BCUT2D eigenvalue weighted by Crippen LogP contribution is 2.45. The highest BCUT2D eigenvalue weighted by Gasteiger charge is 2.51. The molecule has 2 heteroatoms. The van der Waals surface area contributed by atoms with Crippen molar-refractivity contribution in [3.8, 4) is 0 Å². The Kier molecular flexibility index (Phi) is 1.69. The first-order chi connectivity index (χ1) is 5.26. The lowest BCUT2D eigenvalue weighted by atomic mass is 10.1. The van der Waals surface area contributed by atoms with Crippen molar-refractivity contribution in [3.63, 3.8) is 0 Å². The van der Waals surface area contributed by atoms with Gasteiger partial charge in [-0.1, -0.05) is 0 Å². The summed E-state index contributed by atoms with van der Waals surface area (Å²) in [4.78, 5) is 2.61. The van der Waals surface area contributed by atoms with Gasteiger partial charge in [0.25, 0.3) is 0 Å². The molecule has 2 aliphatic rings. The first-order valence-electron chi connectivity index (χ1n) is 4.76. The highest BCUT2D eigenvalue weighted by molar-refractivity contribution is 5.09. The van der Waals surface area contributed by atoms with Crippen LogP contribution >= 0.6 is 0 Å². The Morgan fingerprint density at radius 1 is 1.27 bits per heavy atom. The average molecular weight is 154 g/mol. The van der Waals surface area contributed by atoms with Gasteiger partial charge in [0.2, 0.25) is 0 Å². The van der Waals surface area contributed by atoms with Crippen molar-refractivity contribution >= 4 is 0 Å². The van der Waals surface area contributed by atoms with Crippen LogP contribution < -0.4 is 5.73 Å². The van der Waals surface area contributed by atoms with Crippen LogP contribution in [-0.4, -0.2) is 29.6 Å². The fourth-order valence-corrected chi connectivity index (χ4v) is 2.35. The molecule has 0 amide bonds. The highest BCUT2D eigenvalue weighted by atomic mass is 15.3. The molecule has 2 fully saturated rings. The molecule has 1 atom stereocenters. The SMILES string of the molecule is CC(N)C1(N2CCCC2)CC1. The van der Waals surface area contributed by atoms with Crippen molar-refractivity contribution in [2.45, 2.75) is 44.2 Å². The van der Waals surface area contributed by atoms with Crippen LogP contribution in [0.25, 0.3) is 0 Å². The van der Waals surface area contributed by atoms with Crippen LogP contribution in [0.4, 0.5) is 0 Å². The van der Waals surface area contributed by atoms with E-state index in [1.807, 2.05) is 0 Å². The monoisotopic (exact) mass is 154 g/mol. The maximum Gasteiger partial charge on any atom is 0.0359 e. The zero-order chi connectivity index (χ0) is 7.90. The van der Waals surface area contributed by atoms with Crippen molar-refractivity contribution in [3.05, 3.63) is 0 Å². The summed E-state index contributed by atoms with van der Waals surface area (Å²) >= 11 is 0. The molecule has 1 saturated carbocycles. The summed E-state index contributed by atoms with van der Waals surface area (Å²) < 4.78 is 0. The maximum absolute atomic E-state index is 5.97. The lowest BCUT2D eigenvalue weighted by molar-refractivity contribution is 0.195. The number of hydrogen-bond donors (Lipinski definition) is 1. The molecule has 0 radical (unpaired) electrons. The fourth-order valence-electron chi connectivity index (χ4n) is 2.35. The molecule has 1 saturated heterocycles. The van der Waals surface area contributed by atoms with Crippen LogP contribution in [0.3, 0.4) is 0 Å². The largest absolute Gasteiger partial charge is 0.326 e. The number of nitrogens with two attached hydrogens (primary N) is 1. The lowest BCUT2D eigenvalue weighted by Gasteiger charge is -2.30. The second-order valence-electron chi connectivity index (χ2n) is 4.09. The van der Waals surface area contributed by atoms with Gasteiger partial charge in [-0.2, -0.15) is 0 Å². The second kappa shape index (κ2) is 2.46. The van der Waals surface area contributed by atoms with E-state index in [0.717, 1.165) is 0 Å². The molecule has 2 rings (SSSR count). The van der Waals surface area contributed by atoms with Gasteiger partial charge in [0.05, 0.1) is 0 Å². The van der Waals surface area contributed by atoms with E-state index in [9.17, 15) is 0 Å². The Morgan fingerprint density at radius 3 is 2.18 bits per heavy atom. The van der Waals surface area contributed by atoms with Crippen LogP contribution in [0.15, 0.2) is 0 Å². The second-order valence-corrected chi connectivity index (χ2v) is 4.09. The molecule has 0 aromatic heterocycles. The molecule has 1 aliphatic heterocycles. The zero-order valence-corrected chi connectivity index (χ0v) is 7.34. The molecule has 64 valence electrons. The summed E-state index contributed by atoms with van der Waals surface area (Å²) in [7, 11) is 0. The summed E-state index contributed by atoms with van der Waals surface area (Å²) in [5.74, 6) is 0. The first-order valence-corrected chi connectivity index (χ1v) is 4.76. The minimum absolute atomic E-state index is 0.376. The molecule has 2 N–H and O–H groups in total. The molecule has 2 nitrogen and oxygen atoms in total. The van der Waals surface area contributed by atoms with E-state index in [1.165, 1.54) is 38.8 Å². The Balaban J connectivity index is 2.01.